The first kappa shape index (κ1) is 30.3. The summed E-state index contributed by atoms with van der Waals surface area (Å²) in [7, 11) is 0. The normalized spacial score (nSPS) is 18.3. The van der Waals surface area contributed by atoms with Crippen molar-refractivity contribution in [3.05, 3.63) is 35.9 Å². The molecule has 36 heavy (non-hydrogen) atoms. The maximum Gasteiger partial charge on any atom is 0.303 e. The van der Waals surface area contributed by atoms with Gasteiger partial charge >= 0.3 is 11.9 Å². The average Bonchev–Trinajstić information content (AvgIpc) is 2.87. The maximum absolute atomic E-state index is 10.6. The molecule has 1 aliphatic heterocycles. The lowest BCUT2D eigenvalue weighted by molar-refractivity contribution is -0.138. The van der Waals surface area contributed by atoms with Crippen molar-refractivity contribution >= 4 is 11.9 Å². The van der Waals surface area contributed by atoms with Gasteiger partial charge in [-0.3, -0.25) is 9.59 Å². The van der Waals surface area contributed by atoms with Gasteiger partial charge < -0.3 is 15.1 Å². The van der Waals surface area contributed by atoms with Crippen molar-refractivity contribution in [2.45, 2.75) is 121 Å². The molecular weight excluding hydrogens is 450 g/mol. The number of hydrogen-bond acceptors (Lipinski definition) is 3. The fourth-order valence-electron chi connectivity index (χ4n) is 5.80. The third-order valence-corrected chi connectivity index (χ3v) is 7.88. The van der Waals surface area contributed by atoms with E-state index in [1.807, 2.05) is 0 Å². The molecule has 1 aliphatic rings. The van der Waals surface area contributed by atoms with E-state index in [9.17, 15) is 9.59 Å². The van der Waals surface area contributed by atoms with E-state index >= 15 is 0 Å². The van der Waals surface area contributed by atoms with E-state index in [0.717, 1.165) is 31.6 Å². The molecule has 1 aromatic carbocycles. The van der Waals surface area contributed by atoms with Gasteiger partial charge in [-0.2, -0.15) is 0 Å². The number of benzene rings is 1. The van der Waals surface area contributed by atoms with Crippen molar-refractivity contribution in [1.29, 1.82) is 0 Å². The first-order valence-corrected chi connectivity index (χ1v) is 14.8. The minimum atomic E-state index is -0.672. The van der Waals surface area contributed by atoms with E-state index in [1.165, 1.54) is 102 Å². The van der Waals surface area contributed by atoms with E-state index in [-0.39, 0.29) is 0 Å². The van der Waals surface area contributed by atoms with Crippen molar-refractivity contribution in [3.8, 4) is 0 Å². The lowest BCUT2D eigenvalue weighted by atomic mass is 9.78. The largest absolute Gasteiger partial charge is 0.481 e. The molecule has 1 saturated heterocycles. The van der Waals surface area contributed by atoms with Gasteiger partial charge in [-0.25, -0.2) is 0 Å². The molecule has 2 atom stereocenters. The third-order valence-electron chi connectivity index (χ3n) is 7.88. The molecule has 0 aliphatic carbocycles. The Bertz CT molecular complexity index is 708. The van der Waals surface area contributed by atoms with Crippen LogP contribution in [0.5, 0.6) is 0 Å². The van der Waals surface area contributed by atoms with Crippen molar-refractivity contribution in [1.82, 2.24) is 4.90 Å². The number of unbranched alkanes of at least 4 members (excludes halogenated alkanes) is 12. The molecule has 5 heteroatoms. The second-order valence-electron chi connectivity index (χ2n) is 10.9. The summed E-state index contributed by atoms with van der Waals surface area (Å²) in [5.74, 6) is 0.0824. The molecule has 1 fully saturated rings. The second-order valence-corrected chi connectivity index (χ2v) is 10.9. The van der Waals surface area contributed by atoms with Gasteiger partial charge in [-0.05, 0) is 62.6 Å². The summed E-state index contributed by atoms with van der Waals surface area (Å²) in [6, 6.07) is 11.1. The molecule has 5 nitrogen and oxygen atoms in total. The van der Waals surface area contributed by atoms with Crippen LogP contribution in [0.1, 0.15) is 127 Å². The number of carboxylic acid groups (broad SMARTS) is 2. The van der Waals surface area contributed by atoms with E-state index < -0.39 is 11.9 Å². The average molecular weight is 502 g/mol. The predicted molar refractivity (Wildman–Crippen MR) is 147 cm³/mol. The molecule has 1 heterocycles. The molecule has 0 amide bonds. The fraction of sp³-hybridized carbons (Fsp3) is 0.742. The zero-order chi connectivity index (χ0) is 25.8. The first-order valence-electron chi connectivity index (χ1n) is 14.8. The summed E-state index contributed by atoms with van der Waals surface area (Å²) in [5, 5.41) is 17.4. The van der Waals surface area contributed by atoms with Crippen molar-refractivity contribution in [2.75, 3.05) is 19.6 Å². The van der Waals surface area contributed by atoms with Crippen molar-refractivity contribution in [3.63, 3.8) is 0 Å². The summed E-state index contributed by atoms with van der Waals surface area (Å²) in [4.78, 5) is 23.9. The van der Waals surface area contributed by atoms with Gasteiger partial charge in [0.05, 0.1) is 0 Å². The summed E-state index contributed by atoms with van der Waals surface area (Å²) >= 11 is 0. The highest BCUT2D eigenvalue weighted by molar-refractivity contribution is 5.66. The Hall–Kier alpha value is -1.88. The Balaban J connectivity index is 1.64. The summed E-state index contributed by atoms with van der Waals surface area (Å²) < 4.78 is 0. The van der Waals surface area contributed by atoms with E-state index in [1.54, 1.807) is 0 Å². The monoisotopic (exact) mass is 501 g/mol. The highest BCUT2D eigenvalue weighted by Gasteiger charge is 2.29. The lowest BCUT2D eigenvalue weighted by Crippen LogP contribution is -2.40. The SMILES string of the molecule is O=C(O)CCCCCCCCC[C@@H]1CN(CCCCCCCCCC(=O)O)CC[C@@H]1c1ccccc1. The quantitative estimate of drug-likeness (QED) is 0.167. The number of likely N-dealkylation sites (tertiary alicyclic amines) is 1. The van der Waals surface area contributed by atoms with Crippen molar-refractivity contribution in [2.24, 2.45) is 5.92 Å². The Morgan fingerprint density at radius 3 is 1.75 bits per heavy atom. The van der Waals surface area contributed by atoms with E-state index in [4.69, 9.17) is 10.2 Å². The predicted octanol–water partition coefficient (Wildman–Crippen LogP) is 7.89. The number of piperidine rings is 1. The lowest BCUT2D eigenvalue weighted by Gasteiger charge is -2.39. The number of hydrogen-bond donors (Lipinski definition) is 2. The molecule has 0 radical (unpaired) electrons. The number of carboxylic acids is 2. The highest BCUT2D eigenvalue weighted by atomic mass is 16.4. The fourth-order valence-corrected chi connectivity index (χ4v) is 5.80. The molecule has 0 spiro atoms. The molecule has 204 valence electrons. The van der Waals surface area contributed by atoms with Crippen LogP contribution in [-0.4, -0.2) is 46.7 Å². The molecule has 0 aromatic heterocycles. The standard InChI is InChI=1S/C31H51NO4/c33-30(34)21-15-8-4-1-3-7-12-20-28-26-32(25-23-29(28)27-18-13-11-14-19-27)24-17-10-6-2-5-9-16-22-31(35)36/h11,13-14,18-19,28-29H,1-10,12,15-17,20-26H2,(H,33,34)(H,35,36)/t28-,29-/m1/s1. The number of rotatable bonds is 21. The number of nitrogens with zero attached hydrogens (tertiary/aromatic N) is 1. The summed E-state index contributed by atoms with van der Waals surface area (Å²) in [6.45, 7) is 3.65. The highest BCUT2D eigenvalue weighted by Crippen LogP contribution is 2.36. The second kappa shape index (κ2) is 19.3. The third kappa shape index (κ3) is 14.0. The topological polar surface area (TPSA) is 77.8 Å². The molecular formula is C31H51NO4. The Kier molecular flexibility index (Phi) is 16.2. The van der Waals surface area contributed by atoms with Crippen LogP contribution in [0.4, 0.5) is 0 Å². The van der Waals surface area contributed by atoms with Crippen LogP contribution in [0.3, 0.4) is 0 Å². The number of aliphatic carboxylic acids is 2. The van der Waals surface area contributed by atoms with Gasteiger partial charge in [0.1, 0.15) is 0 Å². The zero-order valence-corrected chi connectivity index (χ0v) is 22.5. The Morgan fingerprint density at radius 2 is 1.19 bits per heavy atom. The van der Waals surface area contributed by atoms with Gasteiger partial charge in [0.2, 0.25) is 0 Å². The van der Waals surface area contributed by atoms with Crippen LogP contribution in [0.15, 0.2) is 30.3 Å². The Morgan fingerprint density at radius 1 is 0.694 bits per heavy atom. The van der Waals surface area contributed by atoms with Crippen LogP contribution >= 0.6 is 0 Å². The minimum absolute atomic E-state index is 0.313. The molecule has 0 saturated carbocycles. The number of carbonyl (C=O) groups is 2. The molecule has 2 N–H and O–H groups in total. The Labute approximate surface area is 219 Å². The first-order chi connectivity index (χ1) is 17.6. The molecule has 2 rings (SSSR count). The van der Waals surface area contributed by atoms with Gasteiger partial charge in [-0.15, -0.1) is 0 Å². The van der Waals surface area contributed by atoms with Crippen LogP contribution in [0, 0.1) is 5.92 Å². The van der Waals surface area contributed by atoms with Gasteiger partial charge in [0.25, 0.3) is 0 Å². The van der Waals surface area contributed by atoms with E-state index in [0.29, 0.717) is 18.8 Å². The van der Waals surface area contributed by atoms with Crippen LogP contribution < -0.4 is 0 Å². The van der Waals surface area contributed by atoms with Crippen LogP contribution in [0.2, 0.25) is 0 Å². The van der Waals surface area contributed by atoms with Gasteiger partial charge in [-0.1, -0.05) is 101 Å². The van der Waals surface area contributed by atoms with Crippen LogP contribution in [-0.2, 0) is 9.59 Å². The van der Waals surface area contributed by atoms with Gasteiger partial charge in [0.15, 0.2) is 0 Å². The van der Waals surface area contributed by atoms with Crippen LogP contribution in [0.25, 0.3) is 0 Å². The smallest absolute Gasteiger partial charge is 0.303 e. The summed E-state index contributed by atoms with van der Waals surface area (Å²) in [6.07, 6.45) is 19.4. The molecule has 0 bridgehead atoms. The molecule has 0 unspecified atom stereocenters. The van der Waals surface area contributed by atoms with Crippen molar-refractivity contribution < 1.29 is 19.8 Å². The zero-order valence-electron chi connectivity index (χ0n) is 22.5. The molecule has 1 aromatic rings. The van der Waals surface area contributed by atoms with Gasteiger partial charge in [0, 0.05) is 19.4 Å². The maximum atomic E-state index is 10.6. The minimum Gasteiger partial charge on any atom is -0.481 e. The van der Waals surface area contributed by atoms with E-state index in [2.05, 4.69) is 35.2 Å². The summed E-state index contributed by atoms with van der Waals surface area (Å²) in [5.41, 5.74) is 1.52.